The van der Waals surface area contributed by atoms with Gasteiger partial charge in [0.05, 0.1) is 0 Å². The average Bonchev–Trinajstić information content (AvgIpc) is 2.41. The van der Waals surface area contributed by atoms with E-state index in [4.69, 9.17) is 0 Å². The number of hydrogen-bond acceptors (Lipinski definition) is 3. The summed E-state index contributed by atoms with van der Waals surface area (Å²) in [6.45, 7) is 0. The van der Waals surface area contributed by atoms with Gasteiger partial charge in [0, 0.05) is 0 Å². The number of alkyl halides is 18. The molecule has 0 aromatic heterocycles. The van der Waals surface area contributed by atoms with E-state index in [1.165, 1.54) is 9.47 Å². The standard InChI is InChI=1S/C9F18O3/c10-2(11,29-8(24,25)4(14,15)6(18,19)20)1(28)3(12,13)30-9(26,27)5(16,17)7(21,22)23. The van der Waals surface area contributed by atoms with Crippen molar-refractivity contribution in [3.05, 3.63) is 0 Å². The molecule has 30 heavy (non-hydrogen) atoms. The van der Waals surface area contributed by atoms with Gasteiger partial charge < -0.3 is 0 Å². The first-order valence-electron chi connectivity index (χ1n) is 5.92. The van der Waals surface area contributed by atoms with E-state index in [0.717, 1.165) is 0 Å². The van der Waals surface area contributed by atoms with Crippen molar-refractivity contribution in [2.24, 2.45) is 0 Å². The molecule has 0 saturated heterocycles. The lowest BCUT2D eigenvalue weighted by Crippen LogP contribution is -2.61. The van der Waals surface area contributed by atoms with Gasteiger partial charge in [-0.2, -0.15) is 79.0 Å². The van der Waals surface area contributed by atoms with Crippen LogP contribution in [0.2, 0.25) is 0 Å². The molecule has 180 valence electrons. The Morgan fingerprint density at radius 1 is 0.433 bits per heavy atom. The molecule has 3 nitrogen and oxygen atoms in total. The van der Waals surface area contributed by atoms with Gasteiger partial charge in [-0.3, -0.25) is 4.79 Å². The zero-order valence-corrected chi connectivity index (χ0v) is 12.5. The third-order valence-electron chi connectivity index (χ3n) is 2.48. The Labute approximate surface area is 149 Å². The van der Waals surface area contributed by atoms with E-state index in [9.17, 15) is 83.8 Å². The van der Waals surface area contributed by atoms with Gasteiger partial charge in [0.1, 0.15) is 0 Å². The maximum Gasteiger partial charge on any atom is 0.462 e. The molecule has 0 radical (unpaired) electrons. The van der Waals surface area contributed by atoms with E-state index in [1.807, 2.05) is 0 Å². The summed E-state index contributed by atoms with van der Waals surface area (Å²) in [6, 6.07) is 0. The van der Waals surface area contributed by atoms with Crippen LogP contribution in [-0.4, -0.2) is 54.4 Å². The van der Waals surface area contributed by atoms with Crippen molar-refractivity contribution < 1.29 is 93.3 Å². The van der Waals surface area contributed by atoms with Crippen LogP contribution in [0.5, 0.6) is 0 Å². The topological polar surface area (TPSA) is 35.5 Å². The maximum absolute atomic E-state index is 12.9. The Hall–Kier alpha value is -1.67. The molecule has 0 atom stereocenters. The van der Waals surface area contributed by atoms with E-state index in [1.54, 1.807) is 0 Å². The van der Waals surface area contributed by atoms with Crippen LogP contribution >= 0.6 is 0 Å². The minimum Gasteiger partial charge on any atom is -0.280 e. The number of ketones is 1. The van der Waals surface area contributed by atoms with E-state index in [-0.39, 0.29) is 0 Å². The van der Waals surface area contributed by atoms with Crippen LogP contribution in [0.25, 0.3) is 0 Å². The summed E-state index contributed by atoms with van der Waals surface area (Å²) < 4.78 is 224. The second-order valence-electron chi connectivity index (χ2n) is 4.74. The molecule has 0 fully saturated rings. The summed E-state index contributed by atoms with van der Waals surface area (Å²) in [5.74, 6) is -20.3. The smallest absolute Gasteiger partial charge is 0.280 e. The number of halogens is 18. The van der Waals surface area contributed by atoms with Crippen LogP contribution in [-0.2, 0) is 14.3 Å². The van der Waals surface area contributed by atoms with Crippen LogP contribution in [0, 0.1) is 0 Å². The van der Waals surface area contributed by atoms with E-state index < -0.39 is 54.4 Å². The lowest BCUT2D eigenvalue weighted by atomic mass is 10.2. The van der Waals surface area contributed by atoms with Gasteiger partial charge in [-0.1, -0.05) is 0 Å². The largest absolute Gasteiger partial charge is 0.462 e. The van der Waals surface area contributed by atoms with Gasteiger partial charge >= 0.3 is 54.4 Å². The number of carbonyl (C=O) groups excluding carboxylic acids is 1. The molecular formula is C9F18O3. The molecule has 0 aliphatic rings. The molecule has 0 unspecified atom stereocenters. The van der Waals surface area contributed by atoms with Gasteiger partial charge in [-0.25, -0.2) is 9.47 Å². The molecule has 0 aromatic rings. The molecule has 0 rings (SSSR count). The molecule has 0 aliphatic heterocycles. The first-order chi connectivity index (χ1) is 12.6. The monoisotopic (exact) mass is 498 g/mol. The highest BCUT2D eigenvalue weighted by Crippen LogP contribution is 2.51. The lowest BCUT2D eigenvalue weighted by molar-refractivity contribution is -0.477. The lowest BCUT2D eigenvalue weighted by Gasteiger charge is -2.32. The number of carbonyl (C=O) groups is 1. The Balaban J connectivity index is 5.93. The molecule has 0 aromatic carbocycles. The predicted octanol–water partition coefficient (Wildman–Crippen LogP) is 5.36. The molecule has 0 saturated carbocycles. The first kappa shape index (κ1) is 28.3. The van der Waals surface area contributed by atoms with E-state index in [0.29, 0.717) is 0 Å². The molecule has 0 bridgehead atoms. The van der Waals surface area contributed by atoms with Gasteiger partial charge in [0.2, 0.25) is 0 Å². The third kappa shape index (κ3) is 4.97. The SMILES string of the molecule is O=C(C(F)(F)OC(F)(F)C(F)(F)C(F)(F)F)C(F)(F)OC(F)(F)C(F)(F)C(F)(F)F. The molecule has 0 aliphatic carbocycles. The highest BCUT2D eigenvalue weighted by molar-refractivity contribution is 5.89. The fourth-order valence-electron chi connectivity index (χ4n) is 1.04. The Kier molecular flexibility index (Phi) is 6.79. The fourth-order valence-corrected chi connectivity index (χ4v) is 1.04. The quantitative estimate of drug-likeness (QED) is 0.424. The van der Waals surface area contributed by atoms with Gasteiger partial charge in [-0.15, -0.1) is 0 Å². The molecule has 0 amide bonds. The van der Waals surface area contributed by atoms with E-state index in [2.05, 4.69) is 0 Å². The normalized spacial score (nSPS) is 16.1. The zero-order valence-electron chi connectivity index (χ0n) is 12.5. The first-order valence-corrected chi connectivity index (χ1v) is 5.92. The van der Waals surface area contributed by atoms with Crippen molar-refractivity contribution in [3.63, 3.8) is 0 Å². The number of rotatable bonds is 8. The molecular weight excluding hydrogens is 498 g/mol. The summed E-state index contributed by atoms with van der Waals surface area (Å²) in [7, 11) is 0. The summed E-state index contributed by atoms with van der Waals surface area (Å²) in [5, 5.41) is 0. The van der Waals surface area contributed by atoms with Crippen LogP contribution in [0.4, 0.5) is 79.0 Å². The van der Waals surface area contributed by atoms with Crippen LogP contribution in [0.15, 0.2) is 0 Å². The number of ether oxygens (including phenoxy) is 2. The summed E-state index contributed by atoms with van der Waals surface area (Å²) in [6.07, 6.45) is -44.7. The van der Waals surface area contributed by atoms with E-state index >= 15 is 0 Å². The van der Waals surface area contributed by atoms with Gasteiger partial charge in [0.15, 0.2) is 0 Å². The summed E-state index contributed by atoms with van der Waals surface area (Å²) >= 11 is 0. The minimum absolute atomic E-state index is 1.33. The van der Waals surface area contributed by atoms with Crippen molar-refractivity contribution >= 4 is 5.78 Å². The second-order valence-corrected chi connectivity index (χ2v) is 4.74. The minimum atomic E-state index is -7.63. The fraction of sp³-hybridized carbons (Fsp3) is 0.889. The average molecular weight is 498 g/mol. The third-order valence-corrected chi connectivity index (χ3v) is 2.48. The molecule has 0 spiro atoms. The van der Waals surface area contributed by atoms with Gasteiger partial charge in [0.25, 0.3) is 0 Å². The van der Waals surface area contributed by atoms with Crippen LogP contribution in [0.3, 0.4) is 0 Å². The highest BCUT2D eigenvalue weighted by Gasteiger charge is 2.80. The number of hydrogen-bond donors (Lipinski definition) is 0. The van der Waals surface area contributed by atoms with Crippen molar-refractivity contribution in [3.8, 4) is 0 Å². The Morgan fingerprint density at radius 3 is 0.800 bits per heavy atom. The molecule has 0 N–H and O–H groups in total. The zero-order chi connectivity index (χ0) is 25.0. The van der Waals surface area contributed by atoms with Crippen molar-refractivity contribution in [1.29, 1.82) is 0 Å². The van der Waals surface area contributed by atoms with Crippen molar-refractivity contribution in [2.45, 2.75) is 48.6 Å². The Morgan fingerprint density at radius 2 is 0.633 bits per heavy atom. The predicted molar refractivity (Wildman–Crippen MR) is 49.0 cm³/mol. The Bertz CT molecular complexity index is 588. The van der Waals surface area contributed by atoms with Crippen molar-refractivity contribution in [2.75, 3.05) is 0 Å². The number of Topliss-reactive ketones (excluding diaryl/α,β-unsaturated/α-hetero) is 1. The second kappa shape index (κ2) is 7.19. The van der Waals surface area contributed by atoms with Crippen LogP contribution in [0.1, 0.15) is 0 Å². The maximum atomic E-state index is 12.9. The summed E-state index contributed by atoms with van der Waals surface area (Å²) in [4.78, 5) is 10.5. The highest BCUT2D eigenvalue weighted by atomic mass is 19.4. The summed E-state index contributed by atoms with van der Waals surface area (Å²) in [5.41, 5.74) is 0. The van der Waals surface area contributed by atoms with Gasteiger partial charge in [-0.05, 0) is 0 Å². The molecule has 0 heterocycles. The molecule has 21 heteroatoms. The van der Waals surface area contributed by atoms with Crippen LogP contribution < -0.4 is 0 Å². The van der Waals surface area contributed by atoms with Crippen molar-refractivity contribution in [1.82, 2.24) is 0 Å².